The van der Waals surface area contributed by atoms with Gasteiger partial charge in [-0.3, -0.25) is 4.98 Å². The Morgan fingerprint density at radius 2 is 2.18 bits per heavy atom. The van der Waals surface area contributed by atoms with Crippen molar-refractivity contribution < 1.29 is 5.11 Å². The van der Waals surface area contributed by atoms with E-state index in [4.69, 9.17) is 5.73 Å². The van der Waals surface area contributed by atoms with E-state index in [-0.39, 0.29) is 0 Å². The molecule has 0 spiro atoms. The molecule has 1 saturated carbocycles. The highest BCUT2D eigenvalue weighted by Gasteiger charge is 2.26. The van der Waals surface area contributed by atoms with Crippen LogP contribution in [0.4, 0.5) is 0 Å². The van der Waals surface area contributed by atoms with E-state index < -0.39 is 5.60 Å². The molecule has 3 nitrogen and oxygen atoms in total. The summed E-state index contributed by atoms with van der Waals surface area (Å²) >= 11 is 0. The molecule has 1 heterocycles. The number of nitrogens with two attached hydrogens (primary N) is 1. The molecule has 0 amide bonds. The van der Waals surface area contributed by atoms with Crippen molar-refractivity contribution in [1.82, 2.24) is 4.98 Å². The van der Waals surface area contributed by atoms with Crippen LogP contribution in [-0.2, 0) is 5.60 Å². The first kappa shape index (κ1) is 12.5. The van der Waals surface area contributed by atoms with Gasteiger partial charge < -0.3 is 10.8 Å². The van der Waals surface area contributed by atoms with Gasteiger partial charge in [-0.15, -0.1) is 0 Å². The zero-order valence-corrected chi connectivity index (χ0v) is 10.7. The molecule has 1 aliphatic rings. The van der Waals surface area contributed by atoms with Gasteiger partial charge in [0, 0.05) is 6.20 Å². The van der Waals surface area contributed by atoms with E-state index in [2.05, 4.69) is 11.1 Å². The lowest BCUT2D eigenvalue weighted by Gasteiger charge is -2.19. The Morgan fingerprint density at radius 3 is 2.59 bits per heavy atom. The van der Waals surface area contributed by atoms with Crippen LogP contribution >= 0.6 is 0 Å². The molecule has 0 aromatic carbocycles. The lowest BCUT2D eigenvalue weighted by atomic mass is 9.94. The van der Waals surface area contributed by atoms with Gasteiger partial charge in [-0.25, -0.2) is 0 Å². The van der Waals surface area contributed by atoms with E-state index in [1.165, 1.54) is 24.8 Å². The second-order valence-electron chi connectivity index (χ2n) is 5.65. The van der Waals surface area contributed by atoms with Crippen LogP contribution in [0.1, 0.15) is 50.3 Å². The van der Waals surface area contributed by atoms with Crippen LogP contribution in [0.2, 0.25) is 0 Å². The van der Waals surface area contributed by atoms with Crippen LogP contribution < -0.4 is 5.73 Å². The molecule has 0 saturated heterocycles. The minimum Gasteiger partial charge on any atom is -0.384 e. The van der Waals surface area contributed by atoms with Gasteiger partial charge in [0.1, 0.15) is 5.60 Å². The van der Waals surface area contributed by atoms with Gasteiger partial charge in [0.05, 0.1) is 5.69 Å². The summed E-state index contributed by atoms with van der Waals surface area (Å²) in [6.07, 6.45) is 5.75. The van der Waals surface area contributed by atoms with Gasteiger partial charge in [-0.1, -0.05) is 18.9 Å². The third-order valence-electron chi connectivity index (χ3n) is 3.48. The topological polar surface area (TPSA) is 59.1 Å². The summed E-state index contributed by atoms with van der Waals surface area (Å²) in [5.74, 6) is 1.29. The van der Waals surface area contributed by atoms with Crippen molar-refractivity contribution in [1.29, 1.82) is 0 Å². The number of hydrogen-bond acceptors (Lipinski definition) is 3. The van der Waals surface area contributed by atoms with E-state index in [1.54, 1.807) is 13.8 Å². The molecule has 1 fully saturated rings. The van der Waals surface area contributed by atoms with E-state index >= 15 is 0 Å². The second-order valence-corrected chi connectivity index (χ2v) is 5.65. The number of aromatic nitrogens is 1. The van der Waals surface area contributed by atoms with Gasteiger partial charge >= 0.3 is 0 Å². The first-order valence-corrected chi connectivity index (χ1v) is 6.39. The maximum absolute atomic E-state index is 9.84. The van der Waals surface area contributed by atoms with Crippen LogP contribution in [0.15, 0.2) is 18.3 Å². The highest BCUT2D eigenvalue weighted by atomic mass is 16.3. The summed E-state index contributed by atoms with van der Waals surface area (Å²) in [6, 6.07) is 3.96. The highest BCUT2D eigenvalue weighted by Crippen LogP contribution is 2.38. The van der Waals surface area contributed by atoms with Gasteiger partial charge in [-0.05, 0) is 50.3 Å². The maximum Gasteiger partial charge on any atom is 0.101 e. The Morgan fingerprint density at radius 1 is 1.47 bits per heavy atom. The summed E-state index contributed by atoms with van der Waals surface area (Å²) in [6.45, 7) is 4.18. The van der Waals surface area contributed by atoms with E-state index in [9.17, 15) is 5.11 Å². The first-order chi connectivity index (χ1) is 8.00. The minimum atomic E-state index is -0.868. The molecule has 2 rings (SSSR count). The van der Waals surface area contributed by atoms with Crippen molar-refractivity contribution in [2.24, 2.45) is 11.7 Å². The molecule has 1 aromatic rings. The van der Waals surface area contributed by atoms with Crippen molar-refractivity contribution in [3.05, 3.63) is 29.6 Å². The molecule has 0 bridgehead atoms. The molecule has 1 aromatic heterocycles. The van der Waals surface area contributed by atoms with Crippen LogP contribution in [-0.4, -0.2) is 16.6 Å². The van der Waals surface area contributed by atoms with Crippen molar-refractivity contribution in [3.63, 3.8) is 0 Å². The quantitative estimate of drug-likeness (QED) is 0.820. The predicted molar refractivity (Wildman–Crippen MR) is 68.6 cm³/mol. The van der Waals surface area contributed by atoms with Gasteiger partial charge in [0.25, 0.3) is 0 Å². The molecule has 3 N–H and O–H groups in total. The molecule has 1 atom stereocenters. The van der Waals surface area contributed by atoms with Gasteiger partial charge in [0.15, 0.2) is 0 Å². The van der Waals surface area contributed by atoms with Crippen LogP contribution in [0.5, 0.6) is 0 Å². The molecule has 94 valence electrons. The second kappa shape index (κ2) is 4.75. The molecule has 3 heteroatoms. The van der Waals surface area contributed by atoms with Gasteiger partial charge in [0.2, 0.25) is 0 Å². The molecule has 17 heavy (non-hydrogen) atoms. The van der Waals surface area contributed by atoms with Crippen molar-refractivity contribution in [3.8, 4) is 0 Å². The molecular weight excluding hydrogens is 212 g/mol. The number of nitrogens with zero attached hydrogens (tertiary/aromatic N) is 1. The maximum atomic E-state index is 9.84. The monoisotopic (exact) mass is 234 g/mol. The zero-order chi connectivity index (χ0) is 12.5. The van der Waals surface area contributed by atoms with Crippen LogP contribution in [0, 0.1) is 5.92 Å². The van der Waals surface area contributed by atoms with Crippen LogP contribution in [0.25, 0.3) is 0 Å². The minimum absolute atomic E-state index is 0.422. The summed E-state index contributed by atoms with van der Waals surface area (Å²) in [5, 5.41) is 9.84. The van der Waals surface area contributed by atoms with Gasteiger partial charge in [-0.2, -0.15) is 0 Å². The Labute approximate surface area is 103 Å². The molecular formula is C14H22N2O. The lowest BCUT2D eigenvalue weighted by Crippen LogP contribution is -2.18. The Hall–Kier alpha value is -0.930. The standard InChI is InChI=1S/C14H22N2O/c1-14(2,17)13-6-5-11(9-16-13)12(8-15)7-10-3-4-10/h5-6,9-10,12,17H,3-4,7-8,15H2,1-2H3/t12-/m1/s1. The van der Waals surface area contributed by atoms with Crippen molar-refractivity contribution in [2.45, 2.75) is 44.6 Å². The van der Waals surface area contributed by atoms with Crippen LogP contribution in [0.3, 0.4) is 0 Å². The molecule has 0 unspecified atom stereocenters. The average Bonchev–Trinajstić information content (AvgIpc) is 3.09. The highest BCUT2D eigenvalue weighted by molar-refractivity contribution is 5.21. The Balaban J connectivity index is 2.09. The van der Waals surface area contributed by atoms with E-state index in [0.29, 0.717) is 18.2 Å². The molecule has 0 aliphatic heterocycles. The fourth-order valence-electron chi connectivity index (χ4n) is 2.13. The molecule has 0 radical (unpaired) electrons. The largest absolute Gasteiger partial charge is 0.384 e. The Bertz CT molecular complexity index is 363. The summed E-state index contributed by atoms with van der Waals surface area (Å²) < 4.78 is 0. The number of aliphatic hydroxyl groups is 1. The normalized spacial score (nSPS) is 18.1. The Kier molecular flexibility index (Phi) is 3.50. The lowest BCUT2D eigenvalue weighted by molar-refractivity contribution is 0.0738. The fourth-order valence-corrected chi connectivity index (χ4v) is 2.13. The smallest absolute Gasteiger partial charge is 0.101 e. The predicted octanol–water partition coefficient (Wildman–Crippen LogP) is 2.15. The van der Waals surface area contributed by atoms with E-state index in [1.807, 2.05) is 12.3 Å². The number of hydrogen-bond donors (Lipinski definition) is 2. The number of pyridine rings is 1. The first-order valence-electron chi connectivity index (χ1n) is 6.39. The third kappa shape index (κ3) is 3.27. The van der Waals surface area contributed by atoms with Crippen molar-refractivity contribution in [2.75, 3.05) is 6.54 Å². The summed E-state index contributed by atoms with van der Waals surface area (Å²) in [7, 11) is 0. The van der Waals surface area contributed by atoms with E-state index in [0.717, 1.165) is 5.92 Å². The molecule has 1 aliphatic carbocycles. The van der Waals surface area contributed by atoms with Crippen molar-refractivity contribution >= 4 is 0 Å². The third-order valence-corrected chi connectivity index (χ3v) is 3.48. The fraction of sp³-hybridized carbons (Fsp3) is 0.643. The zero-order valence-electron chi connectivity index (χ0n) is 10.7. The summed E-state index contributed by atoms with van der Waals surface area (Å²) in [4.78, 5) is 4.34. The summed E-state index contributed by atoms with van der Waals surface area (Å²) in [5.41, 5.74) is 6.87. The average molecular weight is 234 g/mol. The SMILES string of the molecule is CC(C)(O)c1ccc([C@@H](CN)CC2CC2)cn1. The number of rotatable bonds is 5.